The Morgan fingerprint density at radius 2 is 1.96 bits per heavy atom. The fourth-order valence-corrected chi connectivity index (χ4v) is 3.31. The van der Waals surface area contributed by atoms with Crippen LogP contribution in [0.3, 0.4) is 0 Å². The van der Waals surface area contributed by atoms with Crippen molar-refractivity contribution < 1.29 is 4.79 Å². The van der Waals surface area contributed by atoms with Crippen molar-refractivity contribution in [2.24, 2.45) is 7.05 Å². The largest absolute Gasteiger partial charge is 0.305 e. The van der Waals surface area contributed by atoms with Gasteiger partial charge in [-0.25, -0.2) is 4.68 Å². The van der Waals surface area contributed by atoms with Gasteiger partial charge in [-0.3, -0.25) is 9.48 Å². The van der Waals surface area contributed by atoms with Crippen molar-refractivity contribution in [1.82, 2.24) is 19.6 Å². The number of para-hydroxylation sites is 1. The van der Waals surface area contributed by atoms with E-state index in [1.165, 1.54) is 0 Å². The molecule has 2 aromatic heterocycles. The van der Waals surface area contributed by atoms with E-state index >= 15 is 0 Å². The number of amides is 1. The van der Waals surface area contributed by atoms with Crippen molar-refractivity contribution in [3.05, 3.63) is 59.0 Å². The number of aromatic nitrogens is 4. The zero-order valence-electron chi connectivity index (χ0n) is 13.8. The molecule has 0 aliphatic heterocycles. The normalized spacial score (nSPS) is 13.1. The number of aryl methyl sites for hydroxylation is 2. The second-order valence-electron chi connectivity index (χ2n) is 6.12. The molecule has 1 aliphatic rings. The summed E-state index contributed by atoms with van der Waals surface area (Å²) in [6, 6.07) is 11.8. The molecule has 0 radical (unpaired) electrons. The predicted octanol–water partition coefficient (Wildman–Crippen LogP) is 2.66. The Labute approximate surface area is 140 Å². The molecule has 6 heteroatoms. The van der Waals surface area contributed by atoms with Crippen LogP contribution in [0.1, 0.15) is 33.9 Å². The molecule has 0 saturated carbocycles. The summed E-state index contributed by atoms with van der Waals surface area (Å²) in [5.41, 5.74) is 4.59. The van der Waals surface area contributed by atoms with E-state index in [9.17, 15) is 4.79 Å². The molecule has 1 N–H and O–H groups in total. The highest BCUT2D eigenvalue weighted by atomic mass is 16.2. The highest BCUT2D eigenvalue weighted by Gasteiger charge is 2.27. The topological polar surface area (TPSA) is 64.7 Å². The average molecular weight is 321 g/mol. The Morgan fingerprint density at radius 1 is 1.17 bits per heavy atom. The first-order valence-electron chi connectivity index (χ1n) is 8.11. The minimum Gasteiger partial charge on any atom is -0.305 e. The van der Waals surface area contributed by atoms with E-state index in [0.717, 1.165) is 41.9 Å². The number of carbonyl (C=O) groups is 1. The molecule has 0 atom stereocenters. The lowest BCUT2D eigenvalue weighted by Gasteiger charge is -2.05. The van der Waals surface area contributed by atoms with Crippen LogP contribution in [0.5, 0.6) is 0 Å². The maximum absolute atomic E-state index is 12.8. The molecular formula is C18H19N5O. The van der Waals surface area contributed by atoms with E-state index < -0.39 is 0 Å². The summed E-state index contributed by atoms with van der Waals surface area (Å²) >= 11 is 0. The summed E-state index contributed by atoms with van der Waals surface area (Å²) in [4.78, 5) is 12.8. The molecule has 0 bridgehead atoms. The maximum Gasteiger partial charge on any atom is 0.277 e. The molecule has 0 unspecified atom stereocenters. The molecule has 1 aliphatic carbocycles. The highest BCUT2D eigenvalue weighted by Crippen LogP contribution is 2.28. The minimum absolute atomic E-state index is 0.175. The highest BCUT2D eigenvalue weighted by molar-refractivity contribution is 6.03. The number of hydrogen-bond acceptors (Lipinski definition) is 3. The van der Waals surface area contributed by atoms with Crippen LogP contribution in [-0.2, 0) is 19.9 Å². The number of nitrogens with one attached hydrogen (secondary N) is 1. The first kappa shape index (κ1) is 14.7. The number of hydrogen-bond donors (Lipinski definition) is 1. The third-order valence-corrected chi connectivity index (χ3v) is 4.39. The third kappa shape index (κ3) is 2.40. The first-order valence-corrected chi connectivity index (χ1v) is 8.11. The van der Waals surface area contributed by atoms with Crippen LogP contribution in [0.2, 0.25) is 0 Å². The molecule has 0 saturated heterocycles. The number of fused-ring (bicyclic) bond motifs is 1. The quantitative estimate of drug-likeness (QED) is 0.806. The summed E-state index contributed by atoms with van der Waals surface area (Å²) in [6.07, 6.45) is 2.91. The minimum atomic E-state index is -0.175. The van der Waals surface area contributed by atoms with Crippen LogP contribution >= 0.6 is 0 Å². The van der Waals surface area contributed by atoms with Crippen molar-refractivity contribution >= 4 is 11.7 Å². The van der Waals surface area contributed by atoms with Gasteiger partial charge in [-0.2, -0.15) is 10.2 Å². The standard InChI is InChI=1S/C18H19N5O/c1-12-11-16(22(2)20-12)19-18(24)17-14-9-6-10-15(14)23(21-17)13-7-4-3-5-8-13/h3-5,7-8,11H,6,9-10H2,1-2H3,(H,19,24). The predicted molar refractivity (Wildman–Crippen MR) is 91.5 cm³/mol. The van der Waals surface area contributed by atoms with E-state index in [-0.39, 0.29) is 5.91 Å². The van der Waals surface area contributed by atoms with Crippen molar-refractivity contribution in [3.63, 3.8) is 0 Å². The molecule has 1 amide bonds. The molecule has 0 fully saturated rings. The van der Waals surface area contributed by atoms with Gasteiger partial charge in [-0.15, -0.1) is 0 Å². The Hall–Kier alpha value is -2.89. The Morgan fingerprint density at radius 3 is 2.67 bits per heavy atom. The van der Waals surface area contributed by atoms with Gasteiger partial charge in [0.1, 0.15) is 5.82 Å². The molecular weight excluding hydrogens is 302 g/mol. The van der Waals surface area contributed by atoms with E-state index in [1.807, 2.05) is 55.1 Å². The van der Waals surface area contributed by atoms with E-state index in [0.29, 0.717) is 11.5 Å². The van der Waals surface area contributed by atoms with Gasteiger partial charge in [-0.05, 0) is 38.3 Å². The molecule has 1 aromatic carbocycles. The summed E-state index contributed by atoms with van der Waals surface area (Å²) in [6.45, 7) is 1.90. The molecule has 0 spiro atoms. The number of nitrogens with zero attached hydrogens (tertiary/aromatic N) is 4. The molecule has 2 heterocycles. The summed E-state index contributed by atoms with van der Waals surface area (Å²) in [7, 11) is 1.82. The van der Waals surface area contributed by atoms with Gasteiger partial charge in [0.2, 0.25) is 0 Å². The summed E-state index contributed by atoms with van der Waals surface area (Å²) < 4.78 is 3.58. The van der Waals surface area contributed by atoms with Crippen LogP contribution < -0.4 is 5.32 Å². The second kappa shape index (κ2) is 5.63. The fraction of sp³-hybridized carbons (Fsp3) is 0.278. The van der Waals surface area contributed by atoms with Crippen LogP contribution in [0, 0.1) is 6.92 Å². The van der Waals surface area contributed by atoms with Crippen LogP contribution in [0.4, 0.5) is 5.82 Å². The van der Waals surface area contributed by atoms with E-state index in [2.05, 4.69) is 15.5 Å². The first-order chi connectivity index (χ1) is 11.6. The van der Waals surface area contributed by atoms with Gasteiger partial charge >= 0.3 is 0 Å². The number of carbonyl (C=O) groups excluding carboxylic acids is 1. The lowest BCUT2D eigenvalue weighted by atomic mass is 10.2. The Bertz CT molecular complexity index is 907. The van der Waals surface area contributed by atoms with Crippen molar-refractivity contribution in [2.45, 2.75) is 26.2 Å². The SMILES string of the molecule is Cc1cc(NC(=O)c2nn(-c3ccccc3)c3c2CCC3)n(C)n1. The third-order valence-electron chi connectivity index (χ3n) is 4.39. The Kier molecular flexibility index (Phi) is 3.45. The van der Waals surface area contributed by atoms with Crippen molar-refractivity contribution in [2.75, 3.05) is 5.32 Å². The molecule has 3 aromatic rings. The van der Waals surface area contributed by atoms with Gasteiger partial charge in [-0.1, -0.05) is 18.2 Å². The fourth-order valence-electron chi connectivity index (χ4n) is 3.31. The molecule has 24 heavy (non-hydrogen) atoms. The van der Waals surface area contributed by atoms with Crippen LogP contribution in [-0.4, -0.2) is 25.5 Å². The zero-order valence-corrected chi connectivity index (χ0v) is 13.8. The average Bonchev–Trinajstić information content (AvgIpc) is 3.24. The van der Waals surface area contributed by atoms with E-state index in [1.54, 1.807) is 4.68 Å². The van der Waals surface area contributed by atoms with Gasteiger partial charge in [0.25, 0.3) is 5.91 Å². The van der Waals surface area contributed by atoms with Gasteiger partial charge in [0.05, 0.1) is 11.4 Å². The molecule has 6 nitrogen and oxygen atoms in total. The van der Waals surface area contributed by atoms with Gasteiger partial charge < -0.3 is 5.32 Å². The number of benzene rings is 1. The van der Waals surface area contributed by atoms with Crippen LogP contribution in [0.25, 0.3) is 5.69 Å². The maximum atomic E-state index is 12.8. The van der Waals surface area contributed by atoms with Crippen molar-refractivity contribution in [3.8, 4) is 5.69 Å². The van der Waals surface area contributed by atoms with Crippen molar-refractivity contribution in [1.29, 1.82) is 0 Å². The second-order valence-corrected chi connectivity index (χ2v) is 6.12. The van der Waals surface area contributed by atoms with E-state index in [4.69, 9.17) is 0 Å². The Balaban J connectivity index is 1.71. The lowest BCUT2D eigenvalue weighted by molar-refractivity contribution is 0.102. The van der Waals surface area contributed by atoms with Gasteiger partial charge in [0, 0.05) is 24.4 Å². The number of rotatable bonds is 3. The number of anilines is 1. The monoisotopic (exact) mass is 321 g/mol. The summed E-state index contributed by atoms with van der Waals surface area (Å²) in [5.74, 6) is 0.504. The van der Waals surface area contributed by atoms with Crippen LogP contribution in [0.15, 0.2) is 36.4 Å². The summed E-state index contributed by atoms with van der Waals surface area (Å²) in [5, 5.41) is 11.8. The molecule has 4 rings (SSSR count). The molecule has 122 valence electrons. The zero-order chi connectivity index (χ0) is 16.7. The van der Waals surface area contributed by atoms with Gasteiger partial charge in [0.15, 0.2) is 5.69 Å². The smallest absolute Gasteiger partial charge is 0.277 e. The lowest BCUT2D eigenvalue weighted by Crippen LogP contribution is -2.17.